The SMILES string of the molecule is Cc1cc(C)n2cc(Cc3ccc(COc4c(-c5c(C)c(F)cc6[nH]ncc56)c(C5CC5)cc5c(N6C[C@@H]7C[C@H]6CN7)nc(OC6CCOCC6)nc45)cc3)nc2n1. The van der Waals surface area contributed by atoms with Crippen LogP contribution in [0.2, 0.25) is 0 Å². The molecule has 2 atom stereocenters. The molecule has 1 saturated carbocycles. The molecular formula is C45H46FN9O3. The number of aromatic nitrogens is 7. The first-order valence-electron chi connectivity index (χ1n) is 20.6. The number of H-pyrrole nitrogens is 1. The highest BCUT2D eigenvalue weighted by molar-refractivity contribution is 6.06. The van der Waals surface area contributed by atoms with Crippen molar-refractivity contribution in [2.24, 2.45) is 0 Å². The minimum atomic E-state index is -0.297. The van der Waals surface area contributed by atoms with Crippen LogP contribution in [0.5, 0.6) is 11.8 Å². The second-order valence-corrected chi connectivity index (χ2v) is 16.7. The molecule has 4 aliphatic rings. The van der Waals surface area contributed by atoms with Crippen molar-refractivity contribution >= 4 is 33.4 Å². The number of aromatic amines is 1. The average molecular weight is 780 g/mol. The average Bonchev–Trinajstić information content (AvgIpc) is 3.51. The number of hydrogen-bond donors (Lipinski definition) is 2. The Kier molecular flexibility index (Phi) is 8.58. The Balaban J connectivity index is 1.04. The van der Waals surface area contributed by atoms with Crippen LogP contribution in [0.1, 0.15) is 77.4 Å². The molecule has 0 amide bonds. The van der Waals surface area contributed by atoms with Crippen LogP contribution in [0, 0.1) is 26.6 Å². The van der Waals surface area contributed by atoms with E-state index in [0.717, 1.165) is 112 Å². The number of fused-ring (bicyclic) bond motifs is 5. The van der Waals surface area contributed by atoms with E-state index in [2.05, 4.69) is 74.9 Å². The molecule has 12 nitrogen and oxygen atoms in total. The molecule has 3 aromatic carbocycles. The maximum Gasteiger partial charge on any atom is 0.319 e. The highest BCUT2D eigenvalue weighted by atomic mass is 19.1. The van der Waals surface area contributed by atoms with Gasteiger partial charge in [0.05, 0.1) is 30.6 Å². The monoisotopic (exact) mass is 779 g/mol. The molecule has 13 heteroatoms. The number of aryl methyl sites for hydroxylation is 2. The number of imidazole rings is 1. The summed E-state index contributed by atoms with van der Waals surface area (Å²) in [5.41, 5.74) is 9.81. The van der Waals surface area contributed by atoms with Crippen molar-refractivity contribution in [3.8, 4) is 22.9 Å². The van der Waals surface area contributed by atoms with E-state index >= 15 is 4.39 Å². The molecule has 0 unspecified atom stereocenters. The van der Waals surface area contributed by atoms with Gasteiger partial charge in [0.25, 0.3) is 0 Å². The summed E-state index contributed by atoms with van der Waals surface area (Å²) in [5, 5.41) is 12.8. The number of nitrogens with one attached hydrogen (secondary N) is 2. The number of rotatable bonds is 10. The molecule has 0 radical (unpaired) electrons. The Morgan fingerprint density at radius 3 is 2.52 bits per heavy atom. The van der Waals surface area contributed by atoms with Crippen molar-refractivity contribution in [3.63, 3.8) is 0 Å². The van der Waals surface area contributed by atoms with E-state index in [0.29, 0.717) is 66.0 Å². The summed E-state index contributed by atoms with van der Waals surface area (Å²) in [5.74, 6) is 2.22. The van der Waals surface area contributed by atoms with E-state index in [9.17, 15) is 0 Å². The third-order valence-electron chi connectivity index (χ3n) is 12.5. The second-order valence-electron chi connectivity index (χ2n) is 16.7. The fraction of sp³-hybridized carbons (Fsp3) is 0.400. The van der Waals surface area contributed by atoms with Gasteiger partial charge in [0.2, 0.25) is 5.78 Å². The molecule has 1 aliphatic carbocycles. The van der Waals surface area contributed by atoms with Crippen molar-refractivity contribution in [2.75, 3.05) is 31.2 Å². The summed E-state index contributed by atoms with van der Waals surface area (Å²) in [6, 6.07) is 15.4. The molecule has 4 aromatic heterocycles. The van der Waals surface area contributed by atoms with Crippen LogP contribution in [0.15, 0.2) is 54.9 Å². The molecule has 296 valence electrons. The fourth-order valence-electron chi connectivity index (χ4n) is 9.38. The van der Waals surface area contributed by atoms with Crippen LogP contribution in [0.3, 0.4) is 0 Å². The van der Waals surface area contributed by atoms with E-state index in [1.54, 1.807) is 6.20 Å². The minimum absolute atomic E-state index is 0.0511. The molecule has 4 fully saturated rings. The number of piperazine rings is 1. The maximum atomic E-state index is 15.9. The zero-order valence-corrected chi connectivity index (χ0v) is 33.0. The maximum absolute atomic E-state index is 15.9. The first kappa shape index (κ1) is 35.5. The second kappa shape index (κ2) is 14.0. The third kappa shape index (κ3) is 6.31. The summed E-state index contributed by atoms with van der Waals surface area (Å²) in [4.78, 5) is 22.3. The molecule has 3 saturated heterocycles. The van der Waals surface area contributed by atoms with Crippen molar-refractivity contribution in [2.45, 2.75) is 90.0 Å². The predicted octanol–water partition coefficient (Wildman–Crippen LogP) is 7.44. The van der Waals surface area contributed by atoms with E-state index in [1.807, 2.05) is 18.2 Å². The van der Waals surface area contributed by atoms with E-state index in [4.69, 9.17) is 29.2 Å². The van der Waals surface area contributed by atoms with Crippen LogP contribution in [0.25, 0.3) is 38.7 Å². The molecule has 3 aliphatic heterocycles. The zero-order chi connectivity index (χ0) is 39.1. The van der Waals surface area contributed by atoms with Crippen LogP contribution < -0.4 is 19.7 Å². The summed E-state index contributed by atoms with van der Waals surface area (Å²) in [6.45, 7) is 9.25. The summed E-state index contributed by atoms with van der Waals surface area (Å²) in [6.07, 6.45) is 9.20. The highest BCUT2D eigenvalue weighted by Gasteiger charge is 2.41. The smallest absolute Gasteiger partial charge is 0.319 e. The number of anilines is 1. The molecule has 7 heterocycles. The standard InChI is InChI=1S/C45H46FN9O3/c1-24-14-25(2)54-22-31(50-44(54)49-24)15-27-4-6-28(7-5-27)23-57-42-40(39-26(3)37(46)18-38-36(39)20-48-53-38)34(29-8-9-29)17-35-41(42)51-45(58-33-10-12-56-13-11-33)52-43(35)55-21-30-16-32(55)19-47-30/h4-7,14,17-18,20,22,29-30,32-33,47H,8-13,15-16,19,21,23H2,1-3H3,(H,48,53)/t30-,32-/m0/s1. The lowest BCUT2D eigenvalue weighted by molar-refractivity contribution is 0.0219. The van der Waals surface area contributed by atoms with Gasteiger partial charge in [-0.3, -0.25) is 9.50 Å². The highest BCUT2D eigenvalue weighted by Crippen LogP contribution is 2.53. The van der Waals surface area contributed by atoms with Gasteiger partial charge in [-0.05, 0) is 86.4 Å². The third-order valence-corrected chi connectivity index (χ3v) is 12.5. The number of halogens is 1. The van der Waals surface area contributed by atoms with Gasteiger partial charge in [-0.1, -0.05) is 24.3 Å². The Morgan fingerprint density at radius 1 is 0.914 bits per heavy atom. The lowest BCUT2D eigenvalue weighted by Crippen LogP contribution is -2.44. The largest absolute Gasteiger partial charge is 0.486 e. The Hall–Kier alpha value is -5.66. The quantitative estimate of drug-likeness (QED) is 0.145. The summed E-state index contributed by atoms with van der Waals surface area (Å²) >= 11 is 0. The Labute approximate surface area is 335 Å². The van der Waals surface area contributed by atoms with Crippen LogP contribution in [-0.4, -0.2) is 79.0 Å². The predicted molar refractivity (Wildman–Crippen MR) is 219 cm³/mol. The topological polar surface area (TPSA) is 128 Å². The van der Waals surface area contributed by atoms with E-state index in [-0.39, 0.29) is 18.5 Å². The first-order chi connectivity index (χ1) is 28.3. The van der Waals surface area contributed by atoms with Gasteiger partial charge < -0.3 is 24.4 Å². The van der Waals surface area contributed by atoms with Gasteiger partial charge in [0, 0.05) is 83.9 Å². The van der Waals surface area contributed by atoms with E-state index in [1.165, 1.54) is 6.07 Å². The van der Waals surface area contributed by atoms with Gasteiger partial charge in [0.1, 0.15) is 29.9 Å². The van der Waals surface area contributed by atoms with Gasteiger partial charge in [-0.15, -0.1) is 0 Å². The van der Waals surface area contributed by atoms with Crippen molar-refractivity contribution in [3.05, 3.63) is 100 Å². The summed E-state index contributed by atoms with van der Waals surface area (Å²) < 4.78 is 37.3. The lowest BCUT2D eigenvalue weighted by atomic mass is 9.88. The van der Waals surface area contributed by atoms with Crippen molar-refractivity contribution in [1.82, 2.24) is 39.9 Å². The molecule has 11 rings (SSSR count). The van der Waals surface area contributed by atoms with Gasteiger partial charge in [-0.25, -0.2) is 14.4 Å². The number of ether oxygens (including phenoxy) is 3. The normalized spacial score (nSPS) is 19.6. The number of benzene rings is 3. The molecular weight excluding hydrogens is 734 g/mol. The molecule has 2 N–H and O–H groups in total. The van der Waals surface area contributed by atoms with Crippen molar-refractivity contribution < 1.29 is 18.6 Å². The van der Waals surface area contributed by atoms with Crippen LogP contribution >= 0.6 is 0 Å². The lowest BCUT2D eigenvalue weighted by Gasteiger charge is -2.31. The molecule has 2 bridgehead atoms. The Bertz CT molecular complexity index is 2720. The van der Waals surface area contributed by atoms with Crippen LogP contribution in [0.4, 0.5) is 10.2 Å². The fourth-order valence-corrected chi connectivity index (χ4v) is 9.38. The molecule has 7 aromatic rings. The summed E-state index contributed by atoms with van der Waals surface area (Å²) in [7, 11) is 0. The van der Waals surface area contributed by atoms with Gasteiger partial charge >= 0.3 is 6.01 Å². The van der Waals surface area contributed by atoms with Crippen molar-refractivity contribution in [1.29, 1.82) is 0 Å². The zero-order valence-electron chi connectivity index (χ0n) is 33.0. The number of hydrogen-bond acceptors (Lipinski definition) is 10. The van der Waals surface area contributed by atoms with Gasteiger partial charge in [0.15, 0.2) is 5.75 Å². The van der Waals surface area contributed by atoms with Crippen LogP contribution in [-0.2, 0) is 17.8 Å². The first-order valence-corrected chi connectivity index (χ1v) is 20.6. The minimum Gasteiger partial charge on any atom is -0.486 e. The Morgan fingerprint density at radius 2 is 1.74 bits per heavy atom. The molecule has 0 spiro atoms. The van der Waals surface area contributed by atoms with E-state index < -0.39 is 0 Å². The van der Waals surface area contributed by atoms with Gasteiger partial charge in [-0.2, -0.15) is 15.1 Å². The number of nitrogens with zero attached hydrogens (tertiary/aromatic N) is 7. The molecule has 58 heavy (non-hydrogen) atoms.